The van der Waals surface area contributed by atoms with E-state index in [1.807, 2.05) is 36.4 Å². The van der Waals surface area contributed by atoms with Gasteiger partial charge in [0.25, 0.3) is 0 Å². The van der Waals surface area contributed by atoms with Gasteiger partial charge >= 0.3 is 0 Å². The van der Waals surface area contributed by atoms with Crippen molar-refractivity contribution in [1.82, 2.24) is 5.32 Å². The predicted molar refractivity (Wildman–Crippen MR) is 101 cm³/mol. The molecule has 0 aromatic heterocycles. The molecule has 0 spiro atoms. The maximum absolute atomic E-state index is 12.5. The summed E-state index contributed by atoms with van der Waals surface area (Å²) in [6, 6.07) is 16.2. The SMILES string of the molecule is Cc1ccccc1COc1cccc(NC(=O)[C@H]2CCN[C@@H](C)C2)c1. The first-order valence-corrected chi connectivity index (χ1v) is 8.93. The third kappa shape index (κ3) is 4.83. The summed E-state index contributed by atoms with van der Waals surface area (Å²) in [7, 11) is 0. The summed E-state index contributed by atoms with van der Waals surface area (Å²) in [5.74, 6) is 0.942. The monoisotopic (exact) mass is 338 g/mol. The molecule has 1 amide bonds. The highest BCUT2D eigenvalue weighted by Gasteiger charge is 2.24. The van der Waals surface area contributed by atoms with E-state index in [4.69, 9.17) is 4.74 Å². The number of amides is 1. The van der Waals surface area contributed by atoms with Crippen molar-refractivity contribution in [1.29, 1.82) is 0 Å². The molecule has 1 aliphatic heterocycles. The van der Waals surface area contributed by atoms with Crippen LogP contribution in [0.2, 0.25) is 0 Å². The lowest BCUT2D eigenvalue weighted by molar-refractivity contribution is -0.120. The van der Waals surface area contributed by atoms with E-state index >= 15 is 0 Å². The van der Waals surface area contributed by atoms with E-state index < -0.39 is 0 Å². The second kappa shape index (κ2) is 8.17. The van der Waals surface area contributed by atoms with Crippen LogP contribution in [0, 0.1) is 12.8 Å². The van der Waals surface area contributed by atoms with Crippen LogP contribution in [0.3, 0.4) is 0 Å². The molecule has 2 atom stereocenters. The maximum Gasteiger partial charge on any atom is 0.227 e. The third-order valence-corrected chi connectivity index (χ3v) is 4.75. The Balaban J connectivity index is 1.59. The minimum atomic E-state index is 0.0767. The first-order valence-electron chi connectivity index (χ1n) is 8.93. The molecular formula is C21H26N2O2. The summed E-state index contributed by atoms with van der Waals surface area (Å²) in [4.78, 5) is 12.5. The van der Waals surface area contributed by atoms with Crippen molar-refractivity contribution in [3.63, 3.8) is 0 Å². The summed E-state index contributed by atoms with van der Waals surface area (Å²) in [6.07, 6.45) is 1.77. The maximum atomic E-state index is 12.5. The lowest BCUT2D eigenvalue weighted by Crippen LogP contribution is -2.40. The Bertz CT molecular complexity index is 729. The molecule has 132 valence electrons. The van der Waals surface area contributed by atoms with Crippen LogP contribution in [-0.4, -0.2) is 18.5 Å². The molecule has 2 aromatic carbocycles. The van der Waals surface area contributed by atoms with Crippen molar-refractivity contribution in [3.8, 4) is 5.75 Å². The minimum Gasteiger partial charge on any atom is -0.489 e. The van der Waals surface area contributed by atoms with E-state index in [1.54, 1.807) is 0 Å². The van der Waals surface area contributed by atoms with Crippen molar-refractivity contribution in [2.75, 3.05) is 11.9 Å². The molecule has 1 heterocycles. The Kier molecular flexibility index (Phi) is 5.71. The van der Waals surface area contributed by atoms with Gasteiger partial charge in [-0.25, -0.2) is 0 Å². The van der Waals surface area contributed by atoms with Gasteiger partial charge in [0.1, 0.15) is 12.4 Å². The Hall–Kier alpha value is -2.33. The van der Waals surface area contributed by atoms with Crippen LogP contribution in [0.4, 0.5) is 5.69 Å². The number of ether oxygens (including phenoxy) is 1. The van der Waals surface area contributed by atoms with Crippen molar-refractivity contribution in [2.45, 2.75) is 39.3 Å². The molecule has 3 rings (SSSR count). The Labute approximate surface area is 149 Å². The number of nitrogens with one attached hydrogen (secondary N) is 2. The zero-order valence-electron chi connectivity index (χ0n) is 14.9. The fraction of sp³-hybridized carbons (Fsp3) is 0.381. The van der Waals surface area contributed by atoms with Crippen LogP contribution in [0.15, 0.2) is 48.5 Å². The van der Waals surface area contributed by atoms with E-state index in [-0.39, 0.29) is 11.8 Å². The number of benzene rings is 2. The number of hydrogen-bond acceptors (Lipinski definition) is 3. The van der Waals surface area contributed by atoms with Gasteiger partial charge in [0, 0.05) is 23.7 Å². The Morgan fingerprint density at radius 3 is 2.88 bits per heavy atom. The second-order valence-corrected chi connectivity index (χ2v) is 6.81. The highest BCUT2D eigenvalue weighted by molar-refractivity contribution is 5.92. The van der Waals surface area contributed by atoms with Gasteiger partial charge in [0.15, 0.2) is 0 Å². The van der Waals surface area contributed by atoms with Gasteiger partial charge in [0.2, 0.25) is 5.91 Å². The van der Waals surface area contributed by atoms with Gasteiger partial charge in [-0.15, -0.1) is 0 Å². The standard InChI is InChI=1S/C21H26N2O2/c1-15-6-3-4-7-18(15)14-25-20-9-5-8-19(13-20)23-21(24)17-10-11-22-16(2)12-17/h3-9,13,16-17,22H,10-12,14H2,1-2H3,(H,23,24)/t16-,17-/m0/s1. The number of aryl methyl sites for hydroxylation is 1. The lowest BCUT2D eigenvalue weighted by Gasteiger charge is -2.27. The summed E-state index contributed by atoms with van der Waals surface area (Å²) >= 11 is 0. The number of carbonyl (C=O) groups excluding carboxylic acids is 1. The van der Waals surface area contributed by atoms with Gasteiger partial charge in [-0.2, -0.15) is 0 Å². The normalized spacial score (nSPS) is 20.1. The number of piperidine rings is 1. The average Bonchev–Trinajstić information content (AvgIpc) is 2.61. The highest BCUT2D eigenvalue weighted by atomic mass is 16.5. The molecule has 0 aliphatic carbocycles. The van der Waals surface area contributed by atoms with Crippen LogP contribution in [-0.2, 0) is 11.4 Å². The van der Waals surface area contributed by atoms with Crippen molar-refractivity contribution in [3.05, 3.63) is 59.7 Å². The molecule has 4 heteroatoms. The highest BCUT2D eigenvalue weighted by Crippen LogP contribution is 2.22. The second-order valence-electron chi connectivity index (χ2n) is 6.81. The zero-order chi connectivity index (χ0) is 17.6. The molecule has 1 aliphatic rings. The van der Waals surface area contributed by atoms with Gasteiger partial charge in [-0.1, -0.05) is 30.3 Å². The van der Waals surface area contributed by atoms with Crippen LogP contribution in [0.25, 0.3) is 0 Å². The smallest absolute Gasteiger partial charge is 0.227 e. The fourth-order valence-electron chi connectivity index (χ4n) is 3.21. The van der Waals surface area contributed by atoms with E-state index in [1.165, 1.54) is 11.1 Å². The summed E-state index contributed by atoms with van der Waals surface area (Å²) < 4.78 is 5.90. The summed E-state index contributed by atoms with van der Waals surface area (Å²) in [5, 5.41) is 6.41. The first-order chi connectivity index (χ1) is 12.1. The van der Waals surface area contributed by atoms with E-state index in [2.05, 4.69) is 36.6 Å². The molecule has 25 heavy (non-hydrogen) atoms. The average molecular weight is 338 g/mol. The zero-order valence-corrected chi connectivity index (χ0v) is 14.9. The molecular weight excluding hydrogens is 312 g/mol. The van der Waals surface area contributed by atoms with E-state index in [0.717, 1.165) is 30.8 Å². The van der Waals surface area contributed by atoms with Crippen LogP contribution in [0.1, 0.15) is 30.9 Å². The number of carbonyl (C=O) groups is 1. The van der Waals surface area contributed by atoms with Gasteiger partial charge in [0.05, 0.1) is 0 Å². The topological polar surface area (TPSA) is 50.4 Å². The number of hydrogen-bond donors (Lipinski definition) is 2. The number of anilines is 1. The molecule has 2 aromatic rings. The quantitative estimate of drug-likeness (QED) is 0.869. The fourth-order valence-corrected chi connectivity index (χ4v) is 3.21. The molecule has 2 N–H and O–H groups in total. The molecule has 4 nitrogen and oxygen atoms in total. The molecule has 0 saturated carbocycles. The van der Waals surface area contributed by atoms with Crippen molar-refractivity contribution in [2.24, 2.45) is 5.92 Å². The molecule has 0 bridgehead atoms. The molecule has 1 saturated heterocycles. The number of rotatable bonds is 5. The van der Waals surface area contributed by atoms with Crippen LogP contribution < -0.4 is 15.4 Å². The Morgan fingerprint density at radius 2 is 2.08 bits per heavy atom. The molecule has 1 fully saturated rings. The van der Waals surface area contributed by atoms with Crippen molar-refractivity contribution < 1.29 is 9.53 Å². The predicted octanol–water partition coefficient (Wildman–Crippen LogP) is 3.90. The first kappa shape index (κ1) is 17.5. The van der Waals surface area contributed by atoms with E-state index in [9.17, 15) is 4.79 Å². The summed E-state index contributed by atoms with van der Waals surface area (Å²) in [5.41, 5.74) is 3.17. The summed E-state index contributed by atoms with van der Waals surface area (Å²) in [6.45, 7) is 5.63. The largest absolute Gasteiger partial charge is 0.489 e. The van der Waals surface area contributed by atoms with E-state index in [0.29, 0.717) is 12.6 Å². The van der Waals surface area contributed by atoms with Crippen LogP contribution >= 0.6 is 0 Å². The van der Waals surface area contributed by atoms with Gasteiger partial charge in [-0.05, 0) is 56.5 Å². The minimum absolute atomic E-state index is 0.0767. The third-order valence-electron chi connectivity index (χ3n) is 4.75. The van der Waals surface area contributed by atoms with Gasteiger partial charge < -0.3 is 15.4 Å². The molecule has 0 radical (unpaired) electrons. The molecule has 0 unspecified atom stereocenters. The van der Waals surface area contributed by atoms with Crippen molar-refractivity contribution >= 4 is 11.6 Å². The van der Waals surface area contributed by atoms with Gasteiger partial charge in [-0.3, -0.25) is 4.79 Å². The Morgan fingerprint density at radius 1 is 1.24 bits per heavy atom. The lowest BCUT2D eigenvalue weighted by atomic mass is 9.92. The van der Waals surface area contributed by atoms with Crippen LogP contribution in [0.5, 0.6) is 5.75 Å².